The summed E-state index contributed by atoms with van der Waals surface area (Å²) in [5, 5.41) is 12.0. The van der Waals surface area contributed by atoms with E-state index in [0.717, 1.165) is 22.3 Å². The molecule has 8 nitrogen and oxygen atoms in total. The highest BCUT2D eigenvalue weighted by Gasteiger charge is 2.41. The average molecular weight is 467 g/mol. The summed E-state index contributed by atoms with van der Waals surface area (Å²) < 4.78 is 10.9. The van der Waals surface area contributed by atoms with Gasteiger partial charge >= 0.3 is 12.1 Å². The van der Waals surface area contributed by atoms with Crippen LogP contribution in [0.5, 0.6) is 0 Å². The number of nitrogens with one attached hydrogen (secondary N) is 1. The Morgan fingerprint density at radius 3 is 2.18 bits per heavy atom. The van der Waals surface area contributed by atoms with E-state index in [-0.39, 0.29) is 30.9 Å². The number of amides is 2. The molecular weight excluding hydrogens is 436 g/mol. The number of carboxylic acid groups (broad SMARTS) is 1. The number of likely N-dealkylation sites (tertiary alicyclic amines) is 1. The third-order valence-corrected chi connectivity index (χ3v) is 6.97. The predicted octanol–water partition coefficient (Wildman–Crippen LogP) is 3.11. The number of hydrogen-bond acceptors (Lipinski definition) is 5. The monoisotopic (exact) mass is 466 g/mol. The Morgan fingerprint density at radius 2 is 1.65 bits per heavy atom. The minimum Gasteiger partial charge on any atom is -0.481 e. The van der Waals surface area contributed by atoms with E-state index in [9.17, 15) is 19.5 Å². The fourth-order valence-electron chi connectivity index (χ4n) is 4.95. The Balaban J connectivity index is 1.43. The van der Waals surface area contributed by atoms with E-state index in [4.69, 9.17) is 9.47 Å². The summed E-state index contributed by atoms with van der Waals surface area (Å²) in [4.78, 5) is 38.9. The molecule has 1 aliphatic heterocycles. The number of rotatable bonds is 7. The summed E-state index contributed by atoms with van der Waals surface area (Å²) in [6.45, 7) is 4.04. The molecule has 1 fully saturated rings. The Morgan fingerprint density at radius 1 is 1.06 bits per heavy atom. The van der Waals surface area contributed by atoms with Crippen LogP contribution in [-0.2, 0) is 19.1 Å². The van der Waals surface area contributed by atoms with Crippen molar-refractivity contribution in [2.75, 3.05) is 26.8 Å². The predicted molar refractivity (Wildman–Crippen MR) is 125 cm³/mol. The first kappa shape index (κ1) is 23.8. The number of methoxy groups -OCH3 is 1. The topological polar surface area (TPSA) is 105 Å². The van der Waals surface area contributed by atoms with E-state index in [0.29, 0.717) is 6.54 Å². The quantitative estimate of drug-likeness (QED) is 0.650. The van der Waals surface area contributed by atoms with Crippen molar-refractivity contribution < 1.29 is 29.0 Å². The summed E-state index contributed by atoms with van der Waals surface area (Å²) in [6.07, 6.45) is -1.33. The molecule has 2 aromatic rings. The highest BCUT2D eigenvalue weighted by Crippen LogP contribution is 2.44. The molecule has 180 valence electrons. The Bertz CT molecular complexity index is 1040. The van der Waals surface area contributed by atoms with Crippen molar-refractivity contribution in [1.29, 1.82) is 0 Å². The van der Waals surface area contributed by atoms with Crippen LogP contribution in [-0.4, -0.2) is 66.9 Å². The number of hydrogen-bond donors (Lipinski definition) is 2. The zero-order chi connectivity index (χ0) is 24.4. The lowest BCUT2D eigenvalue weighted by molar-refractivity contribution is -0.142. The first-order valence-corrected chi connectivity index (χ1v) is 11.5. The molecule has 0 saturated carbocycles. The normalized spacial score (nSPS) is 20.9. The number of nitrogens with zero attached hydrogens (tertiary/aromatic N) is 1. The molecular formula is C26H30N2O6. The number of carbonyl (C=O) groups is 3. The first-order chi connectivity index (χ1) is 16.3. The molecule has 2 aromatic carbocycles. The zero-order valence-corrected chi connectivity index (χ0v) is 19.6. The molecule has 1 saturated heterocycles. The number of benzene rings is 2. The number of carbonyl (C=O) groups excluding carboxylic acids is 2. The van der Waals surface area contributed by atoms with Crippen molar-refractivity contribution in [2.24, 2.45) is 11.8 Å². The molecule has 0 radical (unpaired) electrons. The average Bonchev–Trinajstić information content (AvgIpc) is 3.38. The maximum atomic E-state index is 13.2. The van der Waals surface area contributed by atoms with Crippen molar-refractivity contribution in [3.63, 3.8) is 0 Å². The van der Waals surface area contributed by atoms with Gasteiger partial charge < -0.3 is 24.8 Å². The van der Waals surface area contributed by atoms with Crippen molar-refractivity contribution >= 4 is 18.0 Å². The highest BCUT2D eigenvalue weighted by molar-refractivity contribution is 5.87. The van der Waals surface area contributed by atoms with Gasteiger partial charge in [0, 0.05) is 26.1 Å². The maximum Gasteiger partial charge on any atom is 0.407 e. The van der Waals surface area contributed by atoms with E-state index < -0.39 is 30.1 Å². The molecule has 4 rings (SSSR count). The summed E-state index contributed by atoms with van der Waals surface area (Å²) in [5.74, 6) is -2.20. The minimum absolute atomic E-state index is 0.0945. The van der Waals surface area contributed by atoms with E-state index in [1.165, 1.54) is 12.0 Å². The molecule has 2 unspecified atom stereocenters. The number of ether oxygens (including phenoxy) is 2. The molecule has 2 N–H and O–H groups in total. The van der Waals surface area contributed by atoms with E-state index in [1.807, 2.05) is 36.4 Å². The second-order valence-electron chi connectivity index (χ2n) is 9.05. The molecule has 2 amide bonds. The van der Waals surface area contributed by atoms with Crippen molar-refractivity contribution in [3.05, 3.63) is 59.7 Å². The molecule has 1 heterocycles. The number of alkyl carbamates (subject to hydrolysis) is 1. The fraction of sp³-hybridized carbons (Fsp3) is 0.423. The van der Waals surface area contributed by atoms with Crippen LogP contribution in [0.15, 0.2) is 48.5 Å². The summed E-state index contributed by atoms with van der Waals surface area (Å²) in [7, 11) is 1.46. The minimum atomic E-state index is -0.986. The van der Waals surface area contributed by atoms with Crippen molar-refractivity contribution in [2.45, 2.75) is 31.9 Å². The van der Waals surface area contributed by atoms with E-state index in [1.54, 1.807) is 13.8 Å². The first-order valence-electron chi connectivity index (χ1n) is 11.5. The fourth-order valence-corrected chi connectivity index (χ4v) is 4.95. The van der Waals surface area contributed by atoms with Gasteiger partial charge in [0.25, 0.3) is 0 Å². The van der Waals surface area contributed by atoms with Gasteiger partial charge in [-0.2, -0.15) is 0 Å². The Kier molecular flexibility index (Phi) is 6.88. The number of fused-ring (bicyclic) bond motifs is 3. The lowest BCUT2D eigenvalue weighted by Gasteiger charge is -2.28. The van der Waals surface area contributed by atoms with Crippen LogP contribution in [0.25, 0.3) is 11.1 Å². The Hall–Kier alpha value is -3.39. The summed E-state index contributed by atoms with van der Waals surface area (Å²) in [6, 6.07) is 15.1. The van der Waals surface area contributed by atoms with Crippen LogP contribution in [0.2, 0.25) is 0 Å². The molecule has 34 heavy (non-hydrogen) atoms. The number of aliphatic carboxylic acids is 1. The smallest absolute Gasteiger partial charge is 0.407 e. The second kappa shape index (κ2) is 9.85. The number of carboxylic acids is 1. The van der Waals surface area contributed by atoms with Crippen LogP contribution in [0.1, 0.15) is 30.9 Å². The summed E-state index contributed by atoms with van der Waals surface area (Å²) >= 11 is 0. The van der Waals surface area contributed by atoms with Crippen LogP contribution >= 0.6 is 0 Å². The van der Waals surface area contributed by atoms with Crippen LogP contribution in [0, 0.1) is 11.8 Å². The highest BCUT2D eigenvalue weighted by atomic mass is 16.5. The SMILES string of the molecule is COC(C)C(NC(=O)OCC1c2ccccc2-c2ccccc21)C(=O)N1C[C@H](C(=O)O)[C@@H](C)C1. The van der Waals surface area contributed by atoms with Gasteiger partial charge in [-0.05, 0) is 35.1 Å². The third kappa shape index (κ3) is 4.50. The van der Waals surface area contributed by atoms with Gasteiger partial charge in [0.05, 0.1) is 12.0 Å². The van der Waals surface area contributed by atoms with Crippen molar-refractivity contribution in [3.8, 4) is 11.1 Å². The van der Waals surface area contributed by atoms with Gasteiger partial charge in [0.1, 0.15) is 12.6 Å². The van der Waals surface area contributed by atoms with Crippen LogP contribution in [0.4, 0.5) is 4.79 Å². The largest absolute Gasteiger partial charge is 0.481 e. The van der Waals surface area contributed by atoms with Gasteiger partial charge in [-0.15, -0.1) is 0 Å². The molecule has 0 bridgehead atoms. The molecule has 0 spiro atoms. The van der Waals surface area contributed by atoms with Gasteiger partial charge in [0.2, 0.25) is 5.91 Å². The molecule has 1 aliphatic carbocycles. The van der Waals surface area contributed by atoms with E-state index in [2.05, 4.69) is 17.4 Å². The third-order valence-electron chi connectivity index (χ3n) is 6.97. The Labute approximate surface area is 198 Å². The summed E-state index contributed by atoms with van der Waals surface area (Å²) in [5.41, 5.74) is 4.45. The maximum absolute atomic E-state index is 13.2. The molecule has 0 aromatic heterocycles. The standard InChI is InChI=1S/C26H30N2O6/c1-15-12-28(13-21(15)25(30)31)24(29)23(16(2)33-3)27-26(32)34-14-22-19-10-6-4-8-17(19)18-9-5-7-11-20(18)22/h4-11,15-16,21-23H,12-14H2,1-3H3,(H,27,32)(H,30,31)/t15-,16?,21-,23?/m0/s1. The van der Waals surface area contributed by atoms with Crippen molar-refractivity contribution in [1.82, 2.24) is 10.2 Å². The lowest BCUT2D eigenvalue weighted by Crippen LogP contribution is -2.54. The molecule has 2 aliphatic rings. The zero-order valence-electron chi connectivity index (χ0n) is 19.6. The van der Waals surface area contributed by atoms with Gasteiger partial charge in [-0.1, -0.05) is 55.5 Å². The van der Waals surface area contributed by atoms with E-state index >= 15 is 0 Å². The van der Waals surface area contributed by atoms with Crippen LogP contribution < -0.4 is 5.32 Å². The second-order valence-corrected chi connectivity index (χ2v) is 9.05. The van der Waals surface area contributed by atoms with Gasteiger partial charge in [0.15, 0.2) is 0 Å². The van der Waals surface area contributed by atoms with Crippen LogP contribution in [0.3, 0.4) is 0 Å². The lowest BCUT2D eigenvalue weighted by atomic mass is 9.98. The molecule has 8 heteroatoms. The van der Waals surface area contributed by atoms with Gasteiger partial charge in [-0.25, -0.2) is 4.79 Å². The van der Waals surface area contributed by atoms with Gasteiger partial charge in [-0.3, -0.25) is 9.59 Å². The molecule has 4 atom stereocenters.